The summed E-state index contributed by atoms with van der Waals surface area (Å²) in [6, 6.07) is 7.31. The van der Waals surface area contributed by atoms with Crippen molar-refractivity contribution in [2.75, 3.05) is 6.16 Å². The Bertz CT molecular complexity index is 521. The van der Waals surface area contributed by atoms with Gasteiger partial charge >= 0.3 is 43.1 Å². The van der Waals surface area contributed by atoms with Crippen molar-refractivity contribution in [1.82, 2.24) is 5.06 Å². The molecule has 22 heavy (non-hydrogen) atoms. The molecule has 0 aliphatic heterocycles. The third-order valence-corrected chi connectivity index (χ3v) is 3.45. The number of hydroxylamine groups is 2. The van der Waals surface area contributed by atoms with Crippen molar-refractivity contribution in [1.29, 1.82) is 0 Å². The third-order valence-electron chi connectivity index (χ3n) is 2.61. The van der Waals surface area contributed by atoms with Crippen LogP contribution in [0.25, 0.3) is 0 Å². The molecule has 0 bridgehead atoms. The van der Waals surface area contributed by atoms with Crippen LogP contribution in [0.15, 0.2) is 30.3 Å². The van der Waals surface area contributed by atoms with Crippen LogP contribution in [0.5, 0.6) is 0 Å². The summed E-state index contributed by atoms with van der Waals surface area (Å²) in [5.41, 5.74) is 0.725. The number of hydrogen-bond donors (Lipinski definition) is 3. The number of rotatable bonds is 9. The first kappa shape index (κ1) is 21.3. The number of hydrogen-bond acceptors (Lipinski definition) is 4. The first-order valence-corrected chi connectivity index (χ1v) is 7.81. The number of carboxylic acids is 1. The molecule has 0 spiro atoms. The van der Waals surface area contributed by atoms with E-state index in [1.54, 1.807) is 30.3 Å². The van der Waals surface area contributed by atoms with Gasteiger partial charge in [0.1, 0.15) is 6.61 Å². The molecule has 0 fully saturated rings. The van der Waals surface area contributed by atoms with Crippen molar-refractivity contribution in [2.45, 2.75) is 19.1 Å². The molecule has 1 aromatic carbocycles. The fourth-order valence-corrected chi connectivity index (χ4v) is 2.15. The standard InChI is InChI=1S/C12H16NO7P.Na.H/c14-9-13(20-8-10-4-2-1-3-5-10)11(12(15)16)6-7-21(17,18)19;;/h1-5,9,11H,6-8H2,(H,15,16)(H2,17,18,19);;. The number of benzene rings is 1. The van der Waals surface area contributed by atoms with Crippen LogP contribution >= 0.6 is 7.60 Å². The first-order valence-electron chi connectivity index (χ1n) is 6.01. The van der Waals surface area contributed by atoms with Crippen LogP contribution in [-0.2, 0) is 25.6 Å². The van der Waals surface area contributed by atoms with Crippen molar-refractivity contribution < 1.29 is 33.9 Å². The van der Waals surface area contributed by atoms with Gasteiger partial charge in [0.25, 0.3) is 0 Å². The first-order chi connectivity index (χ1) is 9.83. The van der Waals surface area contributed by atoms with Crippen LogP contribution in [0.1, 0.15) is 12.0 Å². The number of carboxylic acid groups (broad SMARTS) is 1. The van der Waals surface area contributed by atoms with Gasteiger partial charge in [-0.25, -0.2) is 9.86 Å². The van der Waals surface area contributed by atoms with E-state index < -0.39 is 32.2 Å². The molecule has 0 aromatic heterocycles. The Morgan fingerprint density at radius 2 is 1.91 bits per heavy atom. The molecular weight excluding hydrogens is 324 g/mol. The molecule has 8 nitrogen and oxygen atoms in total. The normalized spacial score (nSPS) is 12.1. The fourth-order valence-electron chi connectivity index (χ4n) is 1.57. The monoisotopic (exact) mass is 341 g/mol. The van der Waals surface area contributed by atoms with E-state index in [4.69, 9.17) is 19.7 Å². The molecule has 1 rings (SSSR count). The van der Waals surface area contributed by atoms with Crippen LogP contribution in [-0.4, -0.2) is 74.1 Å². The molecule has 1 atom stereocenters. The molecule has 0 heterocycles. The second-order valence-electron chi connectivity index (χ2n) is 4.26. The van der Waals surface area contributed by atoms with Crippen LogP contribution in [0.2, 0.25) is 0 Å². The molecule has 0 saturated heterocycles. The van der Waals surface area contributed by atoms with E-state index in [2.05, 4.69) is 0 Å². The Morgan fingerprint density at radius 3 is 2.36 bits per heavy atom. The van der Waals surface area contributed by atoms with E-state index in [0.29, 0.717) is 5.06 Å². The van der Waals surface area contributed by atoms with Gasteiger partial charge in [-0.2, -0.15) is 0 Å². The van der Waals surface area contributed by atoms with Gasteiger partial charge in [0.05, 0.1) is 6.16 Å². The Hall–Kier alpha value is -0.730. The Morgan fingerprint density at radius 1 is 1.32 bits per heavy atom. The van der Waals surface area contributed by atoms with Gasteiger partial charge in [-0.3, -0.25) is 14.2 Å². The summed E-state index contributed by atoms with van der Waals surface area (Å²) in [7, 11) is -4.35. The molecule has 1 unspecified atom stereocenters. The minimum absolute atomic E-state index is 0. The zero-order valence-corrected chi connectivity index (χ0v) is 11.9. The van der Waals surface area contributed by atoms with Crippen LogP contribution in [0, 0.1) is 0 Å². The Kier molecular flexibility index (Phi) is 9.79. The minimum atomic E-state index is -4.35. The number of amides is 1. The fraction of sp³-hybridized carbons (Fsp3) is 0.333. The van der Waals surface area contributed by atoms with E-state index in [1.807, 2.05) is 0 Å². The molecule has 3 N–H and O–H groups in total. The summed E-state index contributed by atoms with van der Waals surface area (Å²) in [5, 5.41) is 9.60. The SMILES string of the molecule is O=CN(OCc1ccccc1)C(CCP(=O)(O)O)C(=O)O.[NaH]. The van der Waals surface area contributed by atoms with Gasteiger partial charge in [0.2, 0.25) is 6.41 Å². The summed E-state index contributed by atoms with van der Waals surface area (Å²) >= 11 is 0. The summed E-state index contributed by atoms with van der Waals surface area (Å²) in [4.78, 5) is 44.7. The maximum absolute atomic E-state index is 11.1. The predicted octanol–water partition coefficient (Wildman–Crippen LogP) is -0.0509. The topological polar surface area (TPSA) is 124 Å². The summed E-state index contributed by atoms with van der Waals surface area (Å²) in [6.07, 6.45) is -0.877. The van der Waals surface area contributed by atoms with Crippen molar-refractivity contribution in [3.63, 3.8) is 0 Å². The van der Waals surface area contributed by atoms with E-state index in [0.717, 1.165) is 5.56 Å². The molecule has 0 aliphatic carbocycles. The average Bonchev–Trinajstić information content (AvgIpc) is 2.42. The van der Waals surface area contributed by atoms with Gasteiger partial charge in [-0.1, -0.05) is 30.3 Å². The Balaban J connectivity index is 0.00000441. The van der Waals surface area contributed by atoms with Crippen LogP contribution < -0.4 is 0 Å². The molecule has 1 amide bonds. The zero-order valence-electron chi connectivity index (χ0n) is 11.0. The van der Waals surface area contributed by atoms with Gasteiger partial charge in [0, 0.05) is 0 Å². The number of aliphatic carboxylic acids is 1. The van der Waals surface area contributed by atoms with Gasteiger partial charge in [-0.05, 0) is 12.0 Å². The van der Waals surface area contributed by atoms with Gasteiger partial charge in [-0.15, -0.1) is 0 Å². The Labute approximate surface area is 149 Å². The number of nitrogens with zero attached hydrogens (tertiary/aromatic N) is 1. The molecule has 118 valence electrons. The van der Waals surface area contributed by atoms with Crippen molar-refractivity contribution in [2.24, 2.45) is 0 Å². The van der Waals surface area contributed by atoms with Gasteiger partial charge in [0.15, 0.2) is 6.04 Å². The number of carbonyl (C=O) groups is 2. The van der Waals surface area contributed by atoms with Crippen molar-refractivity contribution >= 4 is 49.5 Å². The summed E-state index contributed by atoms with van der Waals surface area (Å²) in [6.45, 7) is -0.0285. The summed E-state index contributed by atoms with van der Waals surface area (Å²) in [5.74, 6) is -1.40. The van der Waals surface area contributed by atoms with Crippen molar-refractivity contribution in [3.05, 3.63) is 35.9 Å². The molecule has 10 heteroatoms. The predicted molar refractivity (Wildman–Crippen MR) is 79.2 cm³/mol. The second kappa shape index (κ2) is 10.1. The average molecular weight is 341 g/mol. The quantitative estimate of drug-likeness (QED) is 0.249. The molecule has 0 aliphatic rings. The van der Waals surface area contributed by atoms with E-state index in [1.165, 1.54) is 0 Å². The molecule has 0 saturated carbocycles. The van der Waals surface area contributed by atoms with E-state index in [-0.39, 0.29) is 42.6 Å². The van der Waals surface area contributed by atoms with E-state index in [9.17, 15) is 14.2 Å². The number of carbonyl (C=O) groups excluding carboxylic acids is 1. The summed E-state index contributed by atoms with van der Waals surface area (Å²) < 4.78 is 10.8. The second-order valence-corrected chi connectivity index (χ2v) is 6.03. The van der Waals surface area contributed by atoms with Gasteiger partial charge < -0.3 is 14.9 Å². The molecule has 0 radical (unpaired) electrons. The van der Waals surface area contributed by atoms with E-state index >= 15 is 0 Å². The zero-order chi connectivity index (χ0) is 15.9. The maximum atomic E-state index is 11.1. The van der Waals surface area contributed by atoms with Crippen LogP contribution in [0.4, 0.5) is 0 Å². The van der Waals surface area contributed by atoms with Crippen molar-refractivity contribution in [3.8, 4) is 0 Å². The molecule has 1 aromatic rings. The third kappa shape index (κ3) is 8.05. The van der Waals surface area contributed by atoms with Crippen LogP contribution in [0.3, 0.4) is 0 Å². The molecular formula is C12H17NNaO7P.